The number of aliphatic hydroxyl groups is 1. The zero-order chi connectivity index (χ0) is 18.2. The van der Waals surface area contributed by atoms with Crippen LogP contribution in [0.1, 0.15) is 22.8 Å². The van der Waals surface area contributed by atoms with E-state index in [-0.39, 0.29) is 6.61 Å². The largest absolute Gasteiger partial charge is 0.497 e. The van der Waals surface area contributed by atoms with Crippen LogP contribution in [0.25, 0.3) is 0 Å². The lowest BCUT2D eigenvalue weighted by Gasteiger charge is -2.20. The van der Waals surface area contributed by atoms with Crippen molar-refractivity contribution in [1.29, 1.82) is 0 Å². The van der Waals surface area contributed by atoms with Crippen LogP contribution >= 0.6 is 0 Å². The molecular formula is C19H21NO5. The van der Waals surface area contributed by atoms with E-state index >= 15 is 0 Å². The normalized spacial score (nSPS) is 12.8. The van der Waals surface area contributed by atoms with Gasteiger partial charge in [-0.15, -0.1) is 0 Å². The van der Waals surface area contributed by atoms with E-state index in [1.54, 1.807) is 24.3 Å². The first-order valence-corrected chi connectivity index (χ1v) is 7.85. The topological polar surface area (TPSA) is 84.9 Å². The molecular weight excluding hydrogens is 322 g/mol. The number of hydrogen-bond donors (Lipinski definition) is 2. The molecule has 0 saturated heterocycles. The van der Waals surface area contributed by atoms with Gasteiger partial charge in [-0.05, 0) is 30.7 Å². The van der Waals surface area contributed by atoms with Crippen LogP contribution in [-0.2, 0) is 16.1 Å². The summed E-state index contributed by atoms with van der Waals surface area (Å²) in [6.45, 7) is 1.48. The van der Waals surface area contributed by atoms with Gasteiger partial charge in [-0.25, -0.2) is 4.79 Å². The van der Waals surface area contributed by atoms with Gasteiger partial charge in [-0.2, -0.15) is 0 Å². The van der Waals surface area contributed by atoms with Crippen LogP contribution in [0, 0.1) is 0 Å². The third-order valence-corrected chi connectivity index (χ3v) is 3.58. The molecule has 2 atom stereocenters. The summed E-state index contributed by atoms with van der Waals surface area (Å²) < 4.78 is 10.3. The fourth-order valence-electron chi connectivity index (χ4n) is 2.18. The highest BCUT2D eigenvalue weighted by Crippen LogP contribution is 2.13. The molecule has 0 aromatic heterocycles. The lowest BCUT2D eigenvalue weighted by molar-refractivity contribution is -0.150. The van der Waals surface area contributed by atoms with Crippen LogP contribution in [0.2, 0.25) is 0 Å². The summed E-state index contributed by atoms with van der Waals surface area (Å²) in [5.74, 6) is -0.676. The van der Waals surface area contributed by atoms with Crippen molar-refractivity contribution in [1.82, 2.24) is 5.32 Å². The van der Waals surface area contributed by atoms with E-state index in [0.29, 0.717) is 11.3 Å². The molecule has 2 aromatic rings. The maximum absolute atomic E-state index is 12.3. The summed E-state index contributed by atoms with van der Waals surface area (Å²) in [7, 11) is 1.50. The molecule has 0 spiro atoms. The molecule has 1 amide bonds. The summed E-state index contributed by atoms with van der Waals surface area (Å²) >= 11 is 0. The van der Waals surface area contributed by atoms with Crippen LogP contribution in [0.3, 0.4) is 0 Å². The quantitative estimate of drug-likeness (QED) is 0.750. The Balaban J connectivity index is 2.01. The number of amides is 1. The van der Waals surface area contributed by atoms with Gasteiger partial charge in [0.2, 0.25) is 0 Å². The Hall–Kier alpha value is -2.86. The summed E-state index contributed by atoms with van der Waals surface area (Å²) in [4.78, 5) is 24.5. The molecule has 0 aliphatic heterocycles. The molecule has 0 saturated carbocycles. The molecule has 2 aromatic carbocycles. The van der Waals surface area contributed by atoms with E-state index in [2.05, 4.69) is 5.32 Å². The van der Waals surface area contributed by atoms with Crippen molar-refractivity contribution in [2.75, 3.05) is 7.11 Å². The molecule has 25 heavy (non-hydrogen) atoms. The Morgan fingerprint density at radius 2 is 1.84 bits per heavy atom. The SMILES string of the molecule is COc1cccc(C(=O)N[C@H](C(=O)OCc2ccccc2)[C@H](C)O)c1. The van der Waals surface area contributed by atoms with Gasteiger partial charge in [-0.1, -0.05) is 36.4 Å². The van der Waals surface area contributed by atoms with Gasteiger partial charge in [0.1, 0.15) is 12.4 Å². The summed E-state index contributed by atoms with van der Waals surface area (Å²) in [5, 5.41) is 12.3. The molecule has 0 bridgehead atoms. The number of benzene rings is 2. The number of nitrogens with one attached hydrogen (secondary N) is 1. The van der Waals surface area contributed by atoms with Crippen molar-refractivity contribution in [3.63, 3.8) is 0 Å². The highest BCUT2D eigenvalue weighted by atomic mass is 16.5. The van der Waals surface area contributed by atoms with E-state index in [1.807, 2.05) is 30.3 Å². The highest BCUT2D eigenvalue weighted by Gasteiger charge is 2.27. The second-order valence-electron chi connectivity index (χ2n) is 5.52. The minimum absolute atomic E-state index is 0.0674. The average molecular weight is 343 g/mol. The Labute approximate surface area is 146 Å². The molecule has 132 valence electrons. The van der Waals surface area contributed by atoms with Crippen molar-refractivity contribution in [2.24, 2.45) is 0 Å². The Morgan fingerprint density at radius 1 is 1.12 bits per heavy atom. The molecule has 0 radical (unpaired) electrons. The number of carbonyl (C=O) groups is 2. The number of ether oxygens (including phenoxy) is 2. The van der Waals surface area contributed by atoms with Crippen LogP contribution in [-0.4, -0.2) is 36.2 Å². The monoisotopic (exact) mass is 343 g/mol. The van der Waals surface area contributed by atoms with Crippen LogP contribution in [0.4, 0.5) is 0 Å². The number of methoxy groups -OCH3 is 1. The van der Waals surface area contributed by atoms with Crippen LogP contribution < -0.4 is 10.1 Å². The zero-order valence-corrected chi connectivity index (χ0v) is 14.1. The number of rotatable bonds is 7. The van der Waals surface area contributed by atoms with Gasteiger partial charge >= 0.3 is 5.97 Å². The third kappa shape index (κ3) is 5.32. The molecule has 6 nitrogen and oxygen atoms in total. The van der Waals surface area contributed by atoms with Crippen molar-refractivity contribution in [3.8, 4) is 5.75 Å². The summed E-state index contributed by atoms with van der Waals surface area (Å²) in [6, 6.07) is 14.5. The Kier molecular flexibility index (Phi) is 6.54. The van der Waals surface area contributed by atoms with Gasteiger partial charge in [-0.3, -0.25) is 4.79 Å². The summed E-state index contributed by atoms with van der Waals surface area (Å²) in [5.41, 5.74) is 1.14. The molecule has 0 fully saturated rings. The first-order valence-electron chi connectivity index (χ1n) is 7.85. The van der Waals surface area contributed by atoms with Gasteiger partial charge in [0, 0.05) is 5.56 Å². The van der Waals surface area contributed by atoms with E-state index < -0.39 is 24.0 Å². The molecule has 2 rings (SSSR count). The van der Waals surface area contributed by atoms with Crippen molar-refractivity contribution < 1.29 is 24.2 Å². The van der Waals surface area contributed by atoms with E-state index in [9.17, 15) is 14.7 Å². The van der Waals surface area contributed by atoms with E-state index in [4.69, 9.17) is 9.47 Å². The van der Waals surface area contributed by atoms with Crippen molar-refractivity contribution in [2.45, 2.75) is 25.7 Å². The van der Waals surface area contributed by atoms with Crippen LogP contribution in [0.15, 0.2) is 54.6 Å². The van der Waals surface area contributed by atoms with Crippen molar-refractivity contribution in [3.05, 3.63) is 65.7 Å². The average Bonchev–Trinajstić information content (AvgIpc) is 2.64. The first-order chi connectivity index (χ1) is 12.0. The number of carbonyl (C=O) groups excluding carboxylic acids is 2. The van der Waals surface area contributed by atoms with Crippen LogP contribution in [0.5, 0.6) is 5.75 Å². The van der Waals surface area contributed by atoms with E-state index in [0.717, 1.165) is 5.56 Å². The number of aliphatic hydroxyl groups excluding tert-OH is 1. The van der Waals surface area contributed by atoms with Gasteiger partial charge in [0.25, 0.3) is 5.91 Å². The molecule has 0 aliphatic carbocycles. The lowest BCUT2D eigenvalue weighted by atomic mass is 10.1. The maximum Gasteiger partial charge on any atom is 0.331 e. The van der Waals surface area contributed by atoms with E-state index in [1.165, 1.54) is 14.0 Å². The molecule has 0 heterocycles. The van der Waals surface area contributed by atoms with Gasteiger partial charge < -0.3 is 19.9 Å². The predicted molar refractivity (Wildman–Crippen MR) is 92.2 cm³/mol. The maximum atomic E-state index is 12.3. The molecule has 0 unspecified atom stereocenters. The number of hydrogen-bond acceptors (Lipinski definition) is 5. The van der Waals surface area contributed by atoms with Gasteiger partial charge in [0.05, 0.1) is 13.2 Å². The second-order valence-corrected chi connectivity index (χ2v) is 5.52. The lowest BCUT2D eigenvalue weighted by Crippen LogP contribution is -2.48. The van der Waals surface area contributed by atoms with Gasteiger partial charge in [0.15, 0.2) is 6.04 Å². The van der Waals surface area contributed by atoms with Crippen molar-refractivity contribution >= 4 is 11.9 Å². The minimum atomic E-state index is -1.16. The molecule has 2 N–H and O–H groups in total. The summed E-state index contributed by atoms with van der Waals surface area (Å²) in [6.07, 6.45) is -1.10. The highest BCUT2D eigenvalue weighted by molar-refractivity contribution is 5.97. The predicted octanol–water partition coefficient (Wildman–Crippen LogP) is 1.92. The Bertz CT molecular complexity index is 715. The smallest absolute Gasteiger partial charge is 0.331 e. The fraction of sp³-hybridized carbons (Fsp3) is 0.263. The third-order valence-electron chi connectivity index (χ3n) is 3.58. The number of esters is 1. The second kappa shape index (κ2) is 8.84. The molecule has 6 heteroatoms. The first kappa shape index (κ1) is 18.5. The minimum Gasteiger partial charge on any atom is -0.497 e. The fourth-order valence-corrected chi connectivity index (χ4v) is 2.18. The molecule has 0 aliphatic rings. The zero-order valence-electron chi connectivity index (χ0n) is 14.1. The standard InChI is InChI=1S/C19H21NO5/c1-13(21)17(19(23)25-12-14-7-4-3-5-8-14)20-18(22)15-9-6-10-16(11-15)24-2/h3-11,13,17,21H,12H2,1-2H3,(H,20,22)/t13-,17-/m0/s1. The Morgan fingerprint density at radius 3 is 2.48 bits per heavy atom.